The summed E-state index contributed by atoms with van der Waals surface area (Å²) in [5.74, 6) is -0.0670. The maximum Gasteiger partial charge on any atom is 0.241 e. The van der Waals surface area contributed by atoms with Crippen LogP contribution in [0.15, 0.2) is 48.8 Å². The number of pyridine rings is 1. The van der Waals surface area contributed by atoms with Crippen molar-refractivity contribution in [1.29, 1.82) is 0 Å². The van der Waals surface area contributed by atoms with E-state index >= 15 is 0 Å². The first-order valence-corrected chi connectivity index (χ1v) is 12.7. The number of carbonyl (C=O) groups is 3. The number of benzene rings is 1. The topological polar surface area (TPSA) is 79.8 Å². The van der Waals surface area contributed by atoms with Gasteiger partial charge in [-0.3, -0.25) is 24.3 Å². The molecular formula is C28H33N3O4. The molecular weight excluding hydrogens is 442 g/mol. The van der Waals surface area contributed by atoms with Crippen molar-refractivity contribution >= 4 is 17.7 Å². The van der Waals surface area contributed by atoms with Gasteiger partial charge < -0.3 is 9.64 Å². The number of ether oxygens (including phenoxy) is 1. The number of rotatable bonds is 9. The average molecular weight is 476 g/mol. The van der Waals surface area contributed by atoms with Crippen LogP contribution >= 0.6 is 0 Å². The molecule has 3 amide bonds. The normalized spacial score (nSPS) is 24.3. The molecule has 0 radical (unpaired) electrons. The Hall–Kier alpha value is -3.06. The van der Waals surface area contributed by atoms with E-state index < -0.39 is 5.41 Å². The van der Waals surface area contributed by atoms with Crippen molar-refractivity contribution in [2.45, 2.75) is 63.5 Å². The molecule has 5 rings (SSSR count). The van der Waals surface area contributed by atoms with Gasteiger partial charge in [0.2, 0.25) is 17.7 Å². The van der Waals surface area contributed by atoms with Gasteiger partial charge in [0.05, 0.1) is 18.1 Å². The second kappa shape index (κ2) is 9.90. The molecule has 2 aliphatic heterocycles. The molecule has 0 spiro atoms. The van der Waals surface area contributed by atoms with Crippen LogP contribution in [0.5, 0.6) is 0 Å². The van der Waals surface area contributed by atoms with Gasteiger partial charge in [0.15, 0.2) is 0 Å². The van der Waals surface area contributed by atoms with E-state index in [1.54, 1.807) is 24.5 Å². The largest absolute Gasteiger partial charge is 0.376 e. The van der Waals surface area contributed by atoms with Gasteiger partial charge >= 0.3 is 0 Å². The molecule has 1 saturated carbocycles. The molecule has 35 heavy (non-hydrogen) atoms. The summed E-state index contributed by atoms with van der Waals surface area (Å²) in [6.07, 6.45) is 7.59. The number of carbonyl (C=O) groups excluding carboxylic acids is 3. The first-order chi connectivity index (χ1) is 17.0. The van der Waals surface area contributed by atoms with Crippen molar-refractivity contribution in [2.75, 3.05) is 19.7 Å². The maximum atomic E-state index is 14.0. The van der Waals surface area contributed by atoms with Crippen molar-refractivity contribution in [3.63, 3.8) is 0 Å². The van der Waals surface area contributed by atoms with Crippen LogP contribution in [0.25, 0.3) is 0 Å². The zero-order valence-corrected chi connectivity index (χ0v) is 20.3. The van der Waals surface area contributed by atoms with Crippen LogP contribution in [0.3, 0.4) is 0 Å². The lowest BCUT2D eigenvalue weighted by molar-refractivity contribution is -0.143. The summed E-state index contributed by atoms with van der Waals surface area (Å²) in [6.45, 7) is 4.12. The van der Waals surface area contributed by atoms with Gasteiger partial charge in [-0.1, -0.05) is 24.3 Å². The molecule has 1 aromatic carbocycles. The Labute approximate surface area is 206 Å². The molecule has 2 aromatic rings. The lowest BCUT2D eigenvalue weighted by Crippen LogP contribution is -2.46. The Balaban J connectivity index is 1.45. The first kappa shape index (κ1) is 23.7. The van der Waals surface area contributed by atoms with Crippen LogP contribution in [0.4, 0.5) is 0 Å². The third kappa shape index (κ3) is 5.01. The number of likely N-dealkylation sites (tertiary alicyclic amines) is 1. The van der Waals surface area contributed by atoms with Crippen LogP contribution in [0.2, 0.25) is 0 Å². The van der Waals surface area contributed by atoms with Gasteiger partial charge in [-0.05, 0) is 67.3 Å². The van der Waals surface area contributed by atoms with E-state index in [1.165, 1.54) is 4.90 Å². The van der Waals surface area contributed by atoms with E-state index in [9.17, 15) is 14.4 Å². The van der Waals surface area contributed by atoms with Crippen LogP contribution in [-0.2, 0) is 31.1 Å². The van der Waals surface area contributed by atoms with Crippen molar-refractivity contribution in [3.8, 4) is 0 Å². The minimum absolute atomic E-state index is 0.00467. The Morgan fingerprint density at radius 3 is 2.57 bits per heavy atom. The fraction of sp³-hybridized carbons (Fsp3) is 0.500. The van der Waals surface area contributed by atoms with E-state index in [4.69, 9.17) is 4.74 Å². The molecule has 0 unspecified atom stereocenters. The molecule has 2 saturated heterocycles. The fourth-order valence-electron chi connectivity index (χ4n) is 5.48. The predicted octanol–water partition coefficient (Wildman–Crippen LogP) is 3.39. The van der Waals surface area contributed by atoms with Crippen molar-refractivity contribution in [3.05, 3.63) is 65.5 Å². The van der Waals surface area contributed by atoms with Gasteiger partial charge in [0.25, 0.3) is 0 Å². The number of imide groups is 1. The van der Waals surface area contributed by atoms with Gasteiger partial charge in [0.1, 0.15) is 0 Å². The molecule has 7 nitrogen and oxygen atoms in total. The molecule has 0 bridgehead atoms. The van der Waals surface area contributed by atoms with Crippen LogP contribution < -0.4 is 0 Å². The second-order valence-electron chi connectivity index (χ2n) is 10.3. The molecule has 0 N–H and O–H groups in total. The summed E-state index contributed by atoms with van der Waals surface area (Å²) >= 11 is 0. The Morgan fingerprint density at radius 2 is 1.89 bits per heavy atom. The number of nitrogens with zero attached hydrogens (tertiary/aromatic N) is 3. The third-order valence-electron chi connectivity index (χ3n) is 7.59. The van der Waals surface area contributed by atoms with Crippen LogP contribution in [0.1, 0.15) is 55.2 Å². The molecule has 1 aliphatic carbocycles. The highest BCUT2D eigenvalue weighted by Gasteiger charge is 2.54. The van der Waals surface area contributed by atoms with E-state index in [0.29, 0.717) is 19.0 Å². The first-order valence-electron chi connectivity index (χ1n) is 12.7. The quantitative estimate of drug-likeness (QED) is 0.520. The highest BCUT2D eigenvalue weighted by Crippen LogP contribution is 2.42. The molecule has 184 valence electrons. The highest BCUT2D eigenvalue weighted by atomic mass is 16.5. The Morgan fingerprint density at radius 1 is 1.11 bits per heavy atom. The van der Waals surface area contributed by atoms with E-state index in [-0.39, 0.29) is 43.2 Å². The standard InChI is InChI=1S/C28H33N3O4/c1-20-5-2-3-7-24(20)28(16-26(33)31(27(28)34)18-22-10-12-29-13-11-22)15-25(32)30(17-21-8-9-21)19-23-6-4-14-35-23/h2-3,5,7,10-13,21,23H,4,6,8-9,14-19H2,1H3/t23-,28-/m1/s1. The molecule has 1 aromatic heterocycles. The second-order valence-corrected chi connectivity index (χ2v) is 10.3. The van der Waals surface area contributed by atoms with Crippen LogP contribution in [-0.4, -0.2) is 58.3 Å². The summed E-state index contributed by atoms with van der Waals surface area (Å²) in [6, 6.07) is 11.2. The number of hydrogen-bond acceptors (Lipinski definition) is 5. The zero-order chi connectivity index (χ0) is 24.4. The molecule has 2 atom stereocenters. The van der Waals surface area contributed by atoms with E-state index in [2.05, 4.69) is 4.98 Å². The lowest BCUT2D eigenvalue weighted by atomic mass is 9.74. The Bertz CT molecular complexity index is 1090. The van der Waals surface area contributed by atoms with Crippen molar-refractivity contribution in [2.24, 2.45) is 5.92 Å². The number of aryl methyl sites for hydroxylation is 1. The summed E-state index contributed by atoms with van der Waals surface area (Å²) in [5, 5.41) is 0. The van der Waals surface area contributed by atoms with Gasteiger partial charge in [-0.15, -0.1) is 0 Å². The van der Waals surface area contributed by atoms with Gasteiger partial charge in [-0.25, -0.2) is 0 Å². The lowest BCUT2D eigenvalue weighted by Gasteiger charge is -2.32. The SMILES string of the molecule is Cc1ccccc1[C@@]1(CC(=O)N(CC2CC2)C[C@H]2CCCO2)CC(=O)N(Cc2ccncc2)C1=O. The van der Waals surface area contributed by atoms with Crippen molar-refractivity contribution in [1.82, 2.24) is 14.8 Å². The summed E-state index contributed by atoms with van der Waals surface area (Å²) < 4.78 is 5.83. The molecule has 3 heterocycles. The summed E-state index contributed by atoms with van der Waals surface area (Å²) in [7, 11) is 0. The zero-order valence-electron chi connectivity index (χ0n) is 20.3. The third-order valence-corrected chi connectivity index (χ3v) is 7.59. The smallest absolute Gasteiger partial charge is 0.241 e. The maximum absolute atomic E-state index is 14.0. The summed E-state index contributed by atoms with van der Waals surface area (Å²) in [4.78, 5) is 48.4. The minimum Gasteiger partial charge on any atom is -0.376 e. The van der Waals surface area contributed by atoms with Gasteiger partial charge in [0, 0.05) is 44.9 Å². The van der Waals surface area contributed by atoms with Crippen LogP contribution in [0, 0.1) is 12.8 Å². The average Bonchev–Trinajstić information content (AvgIpc) is 3.47. The number of aromatic nitrogens is 1. The van der Waals surface area contributed by atoms with Crippen molar-refractivity contribution < 1.29 is 19.1 Å². The fourth-order valence-corrected chi connectivity index (χ4v) is 5.48. The highest BCUT2D eigenvalue weighted by molar-refractivity contribution is 6.10. The number of hydrogen-bond donors (Lipinski definition) is 0. The number of amides is 3. The van der Waals surface area contributed by atoms with Gasteiger partial charge in [-0.2, -0.15) is 0 Å². The predicted molar refractivity (Wildman–Crippen MR) is 130 cm³/mol. The Kier molecular flexibility index (Phi) is 6.69. The van der Waals surface area contributed by atoms with E-state index in [0.717, 1.165) is 49.0 Å². The summed E-state index contributed by atoms with van der Waals surface area (Å²) in [5.41, 5.74) is 1.33. The molecule has 7 heteroatoms. The van der Waals surface area contributed by atoms with E-state index in [1.807, 2.05) is 36.1 Å². The molecule has 3 fully saturated rings. The monoisotopic (exact) mass is 475 g/mol. The minimum atomic E-state index is -1.19. The molecule has 3 aliphatic rings.